The summed E-state index contributed by atoms with van der Waals surface area (Å²) in [6.45, 7) is 2.81. The van der Waals surface area contributed by atoms with Crippen molar-refractivity contribution in [3.05, 3.63) is 18.3 Å². The van der Waals surface area contributed by atoms with Crippen molar-refractivity contribution >= 4 is 11.6 Å². The van der Waals surface area contributed by atoms with Crippen LogP contribution in [-0.2, 0) is 4.79 Å². The van der Waals surface area contributed by atoms with Crippen LogP contribution in [0.3, 0.4) is 0 Å². The molecule has 1 aliphatic rings. The van der Waals surface area contributed by atoms with Gasteiger partial charge in [-0.15, -0.1) is 0 Å². The molecule has 0 radical (unpaired) electrons. The van der Waals surface area contributed by atoms with Gasteiger partial charge >= 0.3 is 0 Å². The van der Waals surface area contributed by atoms with Crippen LogP contribution >= 0.6 is 0 Å². The average molecular weight is 248 g/mol. The monoisotopic (exact) mass is 248 g/mol. The van der Waals surface area contributed by atoms with Gasteiger partial charge in [0.1, 0.15) is 0 Å². The topological polar surface area (TPSA) is 51.2 Å². The lowest BCUT2D eigenvalue weighted by molar-refractivity contribution is -0.122. The molecule has 0 bridgehead atoms. The van der Waals surface area contributed by atoms with Crippen LogP contribution < -0.4 is 10.1 Å². The third-order valence-electron chi connectivity index (χ3n) is 3.23. The second kappa shape index (κ2) is 6.38. The summed E-state index contributed by atoms with van der Waals surface area (Å²) in [5.41, 5.74) is 0.745. The lowest BCUT2D eigenvalue weighted by atomic mass is 9.85. The molecule has 18 heavy (non-hydrogen) atoms. The first-order chi connectivity index (χ1) is 8.79. The first-order valence-electron chi connectivity index (χ1n) is 6.69. The number of nitrogens with zero attached hydrogens (tertiary/aromatic N) is 1. The predicted molar refractivity (Wildman–Crippen MR) is 70.6 cm³/mol. The molecule has 1 fully saturated rings. The van der Waals surface area contributed by atoms with E-state index in [2.05, 4.69) is 17.2 Å². The average Bonchev–Trinajstić information content (AvgIpc) is 2.29. The van der Waals surface area contributed by atoms with Crippen LogP contribution in [0.4, 0.5) is 5.69 Å². The van der Waals surface area contributed by atoms with Gasteiger partial charge < -0.3 is 10.1 Å². The van der Waals surface area contributed by atoms with E-state index in [4.69, 9.17) is 4.74 Å². The van der Waals surface area contributed by atoms with Gasteiger partial charge in [0.15, 0.2) is 0 Å². The number of carbonyl (C=O) groups excluding carboxylic acids is 1. The molecule has 0 saturated heterocycles. The second-order valence-corrected chi connectivity index (χ2v) is 4.70. The van der Waals surface area contributed by atoms with Crippen molar-refractivity contribution in [2.75, 3.05) is 11.9 Å². The summed E-state index contributed by atoms with van der Waals surface area (Å²) in [4.78, 5) is 15.9. The minimum absolute atomic E-state index is 0.114. The van der Waals surface area contributed by atoms with E-state index in [-0.39, 0.29) is 11.8 Å². The van der Waals surface area contributed by atoms with Crippen molar-refractivity contribution < 1.29 is 9.53 Å². The fraction of sp³-hybridized carbons (Fsp3) is 0.571. The van der Waals surface area contributed by atoms with Gasteiger partial charge in [0.25, 0.3) is 0 Å². The number of amides is 1. The van der Waals surface area contributed by atoms with Crippen LogP contribution in [0.2, 0.25) is 0 Å². The maximum absolute atomic E-state index is 11.7. The largest absolute Gasteiger partial charge is 0.478 e. The third kappa shape index (κ3) is 3.45. The van der Waals surface area contributed by atoms with Gasteiger partial charge in [-0.05, 0) is 25.3 Å². The van der Waals surface area contributed by atoms with E-state index in [1.165, 1.54) is 6.42 Å². The Bertz CT molecular complexity index is 385. The van der Waals surface area contributed by atoms with E-state index in [1.54, 1.807) is 12.3 Å². The molecule has 0 spiro atoms. The Morgan fingerprint density at radius 1 is 1.50 bits per heavy atom. The number of unbranched alkanes of at least 4 members (excludes halogenated alkanes) is 1. The molecule has 1 aromatic heterocycles. The first kappa shape index (κ1) is 12.9. The van der Waals surface area contributed by atoms with E-state index < -0.39 is 0 Å². The highest BCUT2D eigenvalue weighted by atomic mass is 16.5. The molecule has 0 atom stereocenters. The summed E-state index contributed by atoms with van der Waals surface area (Å²) >= 11 is 0. The molecular weight excluding hydrogens is 228 g/mol. The number of hydrogen-bond donors (Lipinski definition) is 1. The van der Waals surface area contributed by atoms with Crippen LogP contribution in [0.1, 0.15) is 39.0 Å². The molecule has 1 saturated carbocycles. The van der Waals surface area contributed by atoms with Gasteiger partial charge in [0, 0.05) is 12.0 Å². The number of aromatic nitrogens is 1. The summed E-state index contributed by atoms with van der Waals surface area (Å²) in [6, 6.07) is 3.64. The van der Waals surface area contributed by atoms with Crippen molar-refractivity contribution in [1.82, 2.24) is 4.98 Å². The smallest absolute Gasteiger partial charge is 0.227 e. The maximum atomic E-state index is 11.7. The van der Waals surface area contributed by atoms with Crippen LogP contribution in [0, 0.1) is 5.92 Å². The summed E-state index contributed by atoms with van der Waals surface area (Å²) in [6.07, 6.45) is 6.98. The van der Waals surface area contributed by atoms with Crippen molar-refractivity contribution in [3.63, 3.8) is 0 Å². The molecule has 0 unspecified atom stereocenters. The number of rotatable bonds is 6. The normalized spacial score (nSPS) is 14.9. The minimum atomic E-state index is 0.114. The fourth-order valence-corrected chi connectivity index (χ4v) is 1.78. The summed E-state index contributed by atoms with van der Waals surface area (Å²) < 4.78 is 5.46. The van der Waals surface area contributed by atoms with Crippen molar-refractivity contribution in [3.8, 4) is 5.88 Å². The lowest BCUT2D eigenvalue weighted by Gasteiger charge is -2.23. The number of ether oxygens (including phenoxy) is 1. The maximum Gasteiger partial charge on any atom is 0.227 e. The molecule has 4 nitrogen and oxygen atoms in total. The second-order valence-electron chi connectivity index (χ2n) is 4.70. The Kier molecular flexibility index (Phi) is 4.56. The van der Waals surface area contributed by atoms with E-state index in [0.717, 1.165) is 31.4 Å². The zero-order valence-corrected chi connectivity index (χ0v) is 10.8. The highest BCUT2D eigenvalue weighted by Crippen LogP contribution is 2.27. The van der Waals surface area contributed by atoms with E-state index >= 15 is 0 Å². The summed E-state index contributed by atoms with van der Waals surface area (Å²) in [5.74, 6) is 0.929. The molecule has 1 aliphatic carbocycles. The van der Waals surface area contributed by atoms with Crippen molar-refractivity contribution in [2.24, 2.45) is 5.92 Å². The molecule has 2 rings (SSSR count). The molecule has 98 valence electrons. The van der Waals surface area contributed by atoms with Gasteiger partial charge in [-0.3, -0.25) is 4.79 Å². The zero-order valence-electron chi connectivity index (χ0n) is 10.8. The van der Waals surface area contributed by atoms with E-state index in [0.29, 0.717) is 12.5 Å². The zero-order chi connectivity index (χ0) is 12.8. The SMILES string of the molecule is CCCCOc1ccc(NC(=O)C2CCC2)cn1. The Morgan fingerprint density at radius 3 is 2.89 bits per heavy atom. The van der Waals surface area contributed by atoms with Gasteiger partial charge in [-0.2, -0.15) is 0 Å². The standard InChI is InChI=1S/C14H20N2O2/c1-2-3-9-18-13-8-7-12(10-15-13)16-14(17)11-5-4-6-11/h7-8,10-11H,2-6,9H2,1H3,(H,16,17). The highest BCUT2D eigenvalue weighted by Gasteiger charge is 2.25. The van der Waals surface area contributed by atoms with E-state index in [9.17, 15) is 4.79 Å². The molecule has 4 heteroatoms. The first-order valence-corrected chi connectivity index (χ1v) is 6.69. The van der Waals surface area contributed by atoms with Gasteiger partial charge in [-0.1, -0.05) is 19.8 Å². The number of carbonyl (C=O) groups is 1. The fourth-order valence-electron chi connectivity index (χ4n) is 1.78. The number of anilines is 1. The number of pyridine rings is 1. The molecule has 1 N–H and O–H groups in total. The quantitative estimate of drug-likeness (QED) is 0.787. The Morgan fingerprint density at radius 2 is 2.33 bits per heavy atom. The molecule has 1 heterocycles. The molecule has 0 aromatic carbocycles. The Labute approximate surface area is 108 Å². The predicted octanol–water partition coefficient (Wildman–Crippen LogP) is 3.00. The van der Waals surface area contributed by atoms with Gasteiger partial charge in [-0.25, -0.2) is 4.98 Å². The van der Waals surface area contributed by atoms with Crippen molar-refractivity contribution in [2.45, 2.75) is 39.0 Å². The third-order valence-corrected chi connectivity index (χ3v) is 3.23. The number of nitrogens with one attached hydrogen (secondary N) is 1. The number of hydrogen-bond acceptors (Lipinski definition) is 3. The van der Waals surface area contributed by atoms with Crippen LogP contribution in [0.15, 0.2) is 18.3 Å². The van der Waals surface area contributed by atoms with Crippen LogP contribution in [-0.4, -0.2) is 17.5 Å². The summed E-state index contributed by atoms with van der Waals surface area (Å²) in [7, 11) is 0. The molecular formula is C14H20N2O2. The van der Waals surface area contributed by atoms with Crippen molar-refractivity contribution in [1.29, 1.82) is 0 Å². The Balaban J connectivity index is 1.81. The molecule has 0 aliphatic heterocycles. The van der Waals surface area contributed by atoms with Gasteiger partial charge in [0.2, 0.25) is 11.8 Å². The van der Waals surface area contributed by atoms with Gasteiger partial charge in [0.05, 0.1) is 18.5 Å². The van der Waals surface area contributed by atoms with Crippen LogP contribution in [0.5, 0.6) is 5.88 Å². The molecule has 1 aromatic rings. The Hall–Kier alpha value is -1.58. The van der Waals surface area contributed by atoms with Crippen LogP contribution in [0.25, 0.3) is 0 Å². The van der Waals surface area contributed by atoms with E-state index in [1.807, 2.05) is 6.07 Å². The molecule has 1 amide bonds. The minimum Gasteiger partial charge on any atom is -0.478 e. The highest BCUT2D eigenvalue weighted by molar-refractivity contribution is 5.92. The summed E-state index contributed by atoms with van der Waals surface area (Å²) in [5, 5.41) is 2.88. The lowest BCUT2D eigenvalue weighted by Crippen LogP contribution is -2.28.